The third-order valence-corrected chi connectivity index (χ3v) is 1.12. The molecule has 7 nitrogen and oxygen atoms in total. The van der Waals surface area contributed by atoms with Gasteiger partial charge in [0.1, 0.15) is 6.04 Å². The Hall–Kier alpha value is -1.02. The van der Waals surface area contributed by atoms with Gasteiger partial charge in [-0.2, -0.15) is 0 Å². The topological polar surface area (TPSA) is 142 Å². The molecule has 0 aliphatic carbocycles. The molecule has 0 aliphatic rings. The molecule has 0 unspecified atom stereocenters. The zero-order valence-electron chi connectivity index (χ0n) is 6.97. The molecule has 0 saturated carbocycles. The monoisotopic (exact) mass is 191 g/mol. The van der Waals surface area contributed by atoms with Crippen molar-refractivity contribution in [3.63, 3.8) is 0 Å². The lowest BCUT2D eigenvalue weighted by atomic mass is 10.3. The van der Waals surface area contributed by atoms with E-state index in [9.17, 15) is 9.59 Å². The van der Waals surface area contributed by atoms with E-state index >= 15 is 0 Å². The van der Waals surface area contributed by atoms with Crippen molar-refractivity contribution in [2.45, 2.75) is 18.6 Å². The van der Waals surface area contributed by atoms with Crippen LogP contribution in [-0.2, 0) is 14.3 Å². The first-order valence-electron chi connectivity index (χ1n) is 3.59. The molecule has 7 N–H and O–H groups in total. The van der Waals surface area contributed by atoms with E-state index in [4.69, 9.17) is 22.3 Å². The summed E-state index contributed by atoms with van der Waals surface area (Å²) in [4.78, 5) is 21.5. The van der Waals surface area contributed by atoms with E-state index in [1.807, 2.05) is 0 Å². The highest BCUT2D eigenvalue weighted by Crippen LogP contribution is 1.90. The summed E-state index contributed by atoms with van der Waals surface area (Å²) >= 11 is 0. The SMILES string of the molecule is NC(N)CC(=O)OC(=O)[C@@H](N)CO. The first kappa shape index (κ1) is 12.0. The van der Waals surface area contributed by atoms with Gasteiger partial charge in [-0.3, -0.25) is 4.79 Å². The van der Waals surface area contributed by atoms with Crippen molar-refractivity contribution < 1.29 is 19.4 Å². The number of aliphatic hydroxyl groups is 1. The fourth-order valence-electron chi connectivity index (χ4n) is 0.497. The van der Waals surface area contributed by atoms with Crippen LogP contribution in [0.4, 0.5) is 0 Å². The summed E-state index contributed by atoms with van der Waals surface area (Å²) in [5.74, 6) is -1.85. The van der Waals surface area contributed by atoms with E-state index in [1.54, 1.807) is 0 Å². The molecule has 7 heteroatoms. The Morgan fingerprint density at radius 2 is 1.85 bits per heavy atom. The Morgan fingerprint density at radius 1 is 1.31 bits per heavy atom. The molecule has 0 radical (unpaired) electrons. The van der Waals surface area contributed by atoms with Crippen LogP contribution in [0.5, 0.6) is 0 Å². The third-order valence-electron chi connectivity index (χ3n) is 1.12. The highest BCUT2D eigenvalue weighted by atomic mass is 16.6. The molecule has 0 aromatic carbocycles. The maximum atomic E-state index is 10.8. The minimum absolute atomic E-state index is 0.274. The van der Waals surface area contributed by atoms with E-state index in [0.29, 0.717) is 0 Å². The number of hydrogen-bond acceptors (Lipinski definition) is 7. The van der Waals surface area contributed by atoms with E-state index in [0.717, 1.165) is 0 Å². The van der Waals surface area contributed by atoms with E-state index < -0.39 is 30.8 Å². The zero-order valence-corrected chi connectivity index (χ0v) is 6.97. The summed E-state index contributed by atoms with van der Waals surface area (Å²) in [6.07, 6.45) is -1.14. The van der Waals surface area contributed by atoms with Crippen LogP contribution in [0.3, 0.4) is 0 Å². The lowest BCUT2D eigenvalue weighted by Crippen LogP contribution is -2.39. The third kappa shape index (κ3) is 5.26. The highest BCUT2D eigenvalue weighted by Gasteiger charge is 2.18. The van der Waals surface area contributed by atoms with Crippen LogP contribution in [0, 0.1) is 0 Å². The second kappa shape index (κ2) is 5.60. The maximum Gasteiger partial charge on any atom is 0.332 e. The molecule has 0 fully saturated rings. The molecule has 13 heavy (non-hydrogen) atoms. The number of ether oxygens (including phenoxy) is 1. The summed E-state index contributed by atoms with van der Waals surface area (Å²) in [5, 5.41) is 8.41. The number of carbonyl (C=O) groups is 2. The molecule has 0 bridgehead atoms. The Kier molecular flexibility index (Phi) is 5.16. The predicted octanol–water partition coefficient (Wildman–Crippen LogP) is -2.99. The van der Waals surface area contributed by atoms with Crippen molar-refractivity contribution in [1.82, 2.24) is 0 Å². The van der Waals surface area contributed by atoms with Crippen LogP contribution in [0.15, 0.2) is 0 Å². The molecule has 0 saturated heterocycles. The molecular formula is C6H13N3O4. The quantitative estimate of drug-likeness (QED) is 0.211. The van der Waals surface area contributed by atoms with Gasteiger partial charge in [-0.25, -0.2) is 4.79 Å². The van der Waals surface area contributed by atoms with Gasteiger partial charge in [0, 0.05) is 0 Å². The van der Waals surface area contributed by atoms with Crippen molar-refractivity contribution in [1.29, 1.82) is 0 Å². The van der Waals surface area contributed by atoms with Crippen LogP contribution in [0.2, 0.25) is 0 Å². The molecule has 0 rings (SSSR count). The summed E-state index contributed by atoms with van der Waals surface area (Å²) in [6, 6.07) is -1.21. The molecule has 0 heterocycles. The fourth-order valence-corrected chi connectivity index (χ4v) is 0.497. The number of aliphatic hydroxyl groups excluding tert-OH is 1. The normalized spacial score (nSPS) is 12.7. The molecule has 0 amide bonds. The smallest absolute Gasteiger partial charge is 0.332 e. The second-order valence-corrected chi connectivity index (χ2v) is 2.45. The van der Waals surface area contributed by atoms with Gasteiger partial charge >= 0.3 is 11.9 Å². The van der Waals surface area contributed by atoms with Crippen LogP contribution in [-0.4, -0.2) is 35.9 Å². The zero-order chi connectivity index (χ0) is 10.4. The Morgan fingerprint density at radius 3 is 2.23 bits per heavy atom. The number of hydrogen-bond donors (Lipinski definition) is 4. The van der Waals surface area contributed by atoms with Gasteiger partial charge in [-0.1, -0.05) is 0 Å². The van der Waals surface area contributed by atoms with Gasteiger partial charge < -0.3 is 27.0 Å². The highest BCUT2D eigenvalue weighted by molar-refractivity contribution is 5.88. The average Bonchev–Trinajstić information content (AvgIpc) is 2.01. The van der Waals surface area contributed by atoms with Gasteiger partial charge in [0.2, 0.25) is 0 Å². The molecule has 0 aromatic heterocycles. The Balaban J connectivity index is 3.85. The second-order valence-electron chi connectivity index (χ2n) is 2.45. The van der Waals surface area contributed by atoms with Gasteiger partial charge in [-0.05, 0) is 0 Å². The van der Waals surface area contributed by atoms with Crippen molar-refractivity contribution in [3.8, 4) is 0 Å². The van der Waals surface area contributed by atoms with Crippen molar-refractivity contribution in [2.75, 3.05) is 6.61 Å². The molecule has 0 aromatic rings. The number of esters is 2. The Labute approximate surface area is 74.8 Å². The molecule has 0 spiro atoms. The van der Waals surface area contributed by atoms with Gasteiger partial charge in [0.25, 0.3) is 0 Å². The minimum Gasteiger partial charge on any atom is -0.394 e. The number of carbonyl (C=O) groups excluding carboxylic acids is 2. The van der Waals surface area contributed by atoms with E-state index in [2.05, 4.69) is 4.74 Å². The van der Waals surface area contributed by atoms with Gasteiger partial charge in [0.15, 0.2) is 0 Å². The fraction of sp³-hybridized carbons (Fsp3) is 0.667. The first-order chi connectivity index (χ1) is 5.97. The molecular weight excluding hydrogens is 178 g/mol. The molecule has 0 aliphatic heterocycles. The summed E-state index contributed by atoms with van der Waals surface area (Å²) in [6.45, 7) is -0.583. The maximum absolute atomic E-state index is 10.8. The minimum atomic E-state index is -1.21. The van der Waals surface area contributed by atoms with Crippen molar-refractivity contribution in [2.24, 2.45) is 17.2 Å². The van der Waals surface area contributed by atoms with Gasteiger partial charge in [-0.15, -0.1) is 0 Å². The standard InChI is InChI=1S/C6H13N3O4/c7-3(2-10)6(12)13-5(11)1-4(8)9/h3-4,10H,1-2,7-9H2/t3-/m0/s1. The van der Waals surface area contributed by atoms with Crippen LogP contribution >= 0.6 is 0 Å². The van der Waals surface area contributed by atoms with Crippen LogP contribution in [0.25, 0.3) is 0 Å². The average molecular weight is 191 g/mol. The van der Waals surface area contributed by atoms with E-state index in [1.165, 1.54) is 0 Å². The van der Waals surface area contributed by atoms with Crippen molar-refractivity contribution >= 4 is 11.9 Å². The summed E-state index contributed by atoms with van der Waals surface area (Å²) in [7, 11) is 0. The van der Waals surface area contributed by atoms with Gasteiger partial charge in [0.05, 0.1) is 19.2 Å². The predicted molar refractivity (Wildman–Crippen MR) is 42.9 cm³/mol. The lowest BCUT2D eigenvalue weighted by Gasteiger charge is -2.08. The van der Waals surface area contributed by atoms with Crippen molar-refractivity contribution in [3.05, 3.63) is 0 Å². The van der Waals surface area contributed by atoms with E-state index in [-0.39, 0.29) is 6.42 Å². The number of nitrogens with two attached hydrogens (primary N) is 3. The summed E-state index contributed by atoms with van der Waals surface area (Å²) < 4.78 is 4.19. The molecule has 1 atom stereocenters. The lowest BCUT2D eigenvalue weighted by molar-refractivity contribution is -0.161. The number of rotatable bonds is 4. The largest absolute Gasteiger partial charge is 0.394 e. The Bertz CT molecular complexity index is 194. The first-order valence-corrected chi connectivity index (χ1v) is 3.59. The van der Waals surface area contributed by atoms with Crippen LogP contribution < -0.4 is 17.2 Å². The molecule has 76 valence electrons. The summed E-state index contributed by atoms with van der Waals surface area (Å²) in [5.41, 5.74) is 15.2. The van der Waals surface area contributed by atoms with Crippen LogP contribution in [0.1, 0.15) is 6.42 Å².